The van der Waals surface area contributed by atoms with Crippen molar-refractivity contribution in [3.8, 4) is 0 Å². The standard InChI is InChI=1S/C16H30O2.C9H10.C8H14O2/c1-4-5-6-7-8-9-10-11-12-13-14-18-16(17)15(2)3;1-3-9-7-5-4-6-8(9)2;1-6(2)5-10-8(9)7(3)4/h2,4-14H2,1,3H3;3-7H,1H2,2H3;6H,3,5H2,1-2,4H3. The van der Waals surface area contributed by atoms with Crippen molar-refractivity contribution in [2.24, 2.45) is 5.92 Å². The van der Waals surface area contributed by atoms with E-state index in [1.807, 2.05) is 32.1 Å². The smallest absolute Gasteiger partial charge is 0.333 e. The Morgan fingerprint density at radius 2 is 1.27 bits per heavy atom. The Hall–Kier alpha value is -2.62. The van der Waals surface area contributed by atoms with Gasteiger partial charge in [0, 0.05) is 11.1 Å². The van der Waals surface area contributed by atoms with Gasteiger partial charge in [0.05, 0.1) is 13.2 Å². The molecule has 0 aliphatic rings. The molecule has 1 aromatic carbocycles. The van der Waals surface area contributed by atoms with E-state index in [1.165, 1.54) is 68.9 Å². The van der Waals surface area contributed by atoms with E-state index >= 15 is 0 Å². The van der Waals surface area contributed by atoms with Crippen LogP contribution in [0.1, 0.15) is 110 Å². The second-order valence-electron chi connectivity index (χ2n) is 9.93. The van der Waals surface area contributed by atoms with Gasteiger partial charge >= 0.3 is 11.9 Å². The molecule has 0 N–H and O–H groups in total. The minimum Gasteiger partial charge on any atom is -0.462 e. The Kier molecular flexibility index (Phi) is 24.7. The Morgan fingerprint density at radius 1 is 0.811 bits per heavy atom. The molecular formula is C33H54O4. The van der Waals surface area contributed by atoms with E-state index in [-0.39, 0.29) is 11.9 Å². The normalized spacial score (nSPS) is 9.81. The molecule has 0 saturated carbocycles. The van der Waals surface area contributed by atoms with Crippen LogP contribution < -0.4 is 0 Å². The van der Waals surface area contributed by atoms with E-state index in [0.717, 1.165) is 6.42 Å². The van der Waals surface area contributed by atoms with Crippen LogP contribution in [0, 0.1) is 12.8 Å². The fourth-order valence-electron chi connectivity index (χ4n) is 3.06. The summed E-state index contributed by atoms with van der Waals surface area (Å²) in [4.78, 5) is 21.8. The van der Waals surface area contributed by atoms with E-state index in [4.69, 9.17) is 9.47 Å². The molecule has 0 aliphatic carbocycles. The number of carbonyl (C=O) groups is 2. The lowest BCUT2D eigenvalue weighted by atomic mass is 10.1. The van der Waals surface area contributed by atoms with E-state index in [2.05, 4.69) is 45.7 Å². The van der Waals surface area contributed by atoms with E-state index in [9.17, 15) is 9.59 Å². The lowest BCUT2D eigenvalue weighted by Crippen LogP contribution is -2.09. The lowest BCUT2D eigenvalue weighted by molar-refractivity contribution is -0.140. The second-order valence-corrected chi connectivity index (χ2v) is 9.93. The van der Waals surface area contributed by atoms with Gasteiger partial charge in [-0.2, -0.15) is 0 Å². The molecule has 0 aromatic heterocycles. The van der Waals surface area contributed by atoms with Crippen molar-refractivity contribution in [1.82, 2.24) is 0 Å². The second kappa shape index (κ2) is 25.0. The molecule has 0 atom stereocenters. The van der Waals surface area contributed by atoms with Crippen LogP contribution in [0.15, 0.2) is 55.1 Å². The molecule has 0 spiro atoms. The number of carbonyl (C=O) groups excluding carboxylic acids is 2. The average molecular weight is 515 g/mol. The molecule has 0 bridgehead atoms. The predicted molar refractivity (Wildman–Crippen MR) is 159 cm³/mol. The zero-order valence-electron chi connectivity index (χ0n) is 24.7. The number of hydrogen-bond donors (Lipinski definition) is 0. The zero-order valence-corrected chi connectivity index (χ0v) is 24.7. The highest BCUT2D eigenvalue weighted by atomic mass is 16.5. The highest BCUT2D eigenvalue weighted by Crippen LogP contribution is 2.10. The van der Waals surface area contributed by atoms with Gasteiger partial charge in [0.2, 0.25) is 0 Å². The first-order valence-electron chi connectivity index (χ1n) is 13.9. The number of ether oxygens (including phenoxy) is 2. The zero-order chi connectivity index (χ0) is 28.5. The molecule has 0 heterocycles. The third-order valence-electron chi connectivity index (χ3n) is 5.38. The maximum Gasteiger partial charge on any atom is 0.333 e. The van der Waals surface area contributed by atoms with Crippen LogP contribution >= 0.6 is 0 Å². The molecule has 0 unspecified atom stereocenters. The van der Waals surface area contributed by atoms with Gasteiger partial charge in [-0.25, -0.2) is 9.59 Å². The molecule has 4 nitrogen and oxygen atoms in total. The van der Waals surface area contributed by atoms with Crippen molar-refractivity contribution in [3.05, 3.63) is 66.3 Å². The summed E-state index contributed by atoms with van der Waals surface area (Å²) < 4.78 is 9.86. The molecule has 0 amide bonds. The van der Waals surface area contributed by atoms with E-state index < -0.39 is 0 Å². The Labute approximate surface area is 228 Å². The maximum absolute atomic E-state index is 11.1. The largest absolute Gasteiger partial charge is 0.462 e. The quantitative estimate of drug-likeness (QED) is 0.125. The van der Waals surface area contributed by atoms with Gasteiger partial charge in [-0.15, -0.1) is 0 Å². The van der Waals surface area contributed by atoms with Crippen molar-refractivity contribution in [3.63, 3.8) is 0 Å². The number of unbranched alkanes of at least 4 members (excludes halogenated alkanes) is 9. The highest BCUT2D eigenvalue weighted by molar-refractivity contribution is 5.87. The summed E-state index contributed by atoms with van der Waals surface area (Å²) in [7, 11) is 0. The van der Waals surface area contributed by atoms with Crippen LogP contribution in [-0.2, 0) is 19.1 Å². The van der Waals surface area contributed by atoms with Crippen LogP contribution in [-0.4, -0.2) is 25.2 Å². The molecule has 210 valence electrons. The first-order valence-corrected chi connectivity index (χ1v) is 13.9. The lowest BCUT2D eigenvalue weighted by Gasteiger charge is -2.05. The number of benzene rings is 1. The van der Waals surface area contributed by atoms with E-state index in [1.54, 1.807) is 13.8 Å². The Bertz CT molecular complexity index is 776. The number of esters is 2. The number of hydrogen-bond acceptors (Lipinski definition) is 4. The Morgan fingerprint density at radius 3 is 1.68 bits per heavy atom. The minimum absolute atomic E-state index is 0.258. The van der Waals surface area contributed by atoms with E-state index in [0.29, 0.717) is 30.3 Å². The predicted octanol–water partition coefficient (Wildman–Crippen LogP) is 9.43. The molecule has 37 heavy (non-hydrogen) atoms. The SMILES string of the molecule is C=C(C)C(=O)OCC(C)C.C=C(C)C(=O)OCCCCCCCCCCCC.C=Cc1ccccc1C. The molecule has 4 heteroatoms. The number of aryl methyl sites for hydroxylation is 1. The molecule has 1 rings (SSSR count). The van der Waals surface area contributed by atoms with Crippen molar-refractivity contribution in [2.75, 3.05) is 13.2 Å². The summed E-state index contributed by atoms with van der Waals surface area (Å²) in [5.74, 6) is -0.164. The summed E-state index contributed by atoms with van der Waals surface area (Å²) in [5.41, 5.74) is 3.45. The van der Waals surface area contributed by atoms with Crippen LogP contribution in [0.2, 0.25) is 0 Å². The summed E-state index contributed by atoms with van der Waals surface area (Å²) in [6.07, 6.45) is 14.8. The number of rotatable bonds is 16. The van der Waals surface area contributed by atoms with Gasteiger partial charge in [0.1, 0.15) is 0 Å². The average Bonchev–Trinajstić information content (AvgIpc) is 2.86. The van der Waals surface area contributed by atoms with Crippen molar-refractivity contribution >= 4 is 18.0 Å². The monoisotopic (exact) mass is 514 g/mol. The maximum atomic E-state index is 11.1. The van der Waals surface area contributed by atoms with Gasteiger partial charge in [0.25, 0.3) is 0 Å². The van der Waals surface area contributed by atoms with Crippen molar-refractivity contribution in [1.29, 1.82) is 0 Å². The van der Waals surface area contributed by atoms with Gasteiger partial charge in [0.15, 0.2) is 0 Å². The third-order valence-corrected chi connectivity index (χ3v) is 5.38. The highest BCUT2D eigenvalue weighted by Gasteiger charge is 2.03. The van der Waals surface area contributed by atoms with Crippen molar-refractivity contribution in [2.45, 2.75) is 106 Å². The fourth-order valence-corrected chi connectivity index (χ4v) is 3.06. The molecule has 0 aliphatic heterocycles. The molecule has 1 aromatic rings. The van der Waals surface area contributed by atoms with Gasteiger partial charge < -0.3 is 9.47 Å². The fraction of sp³-hybridized carbons (Fsp3) is 0.576. The molecule has 0 fully saturated rings. The first kappa shape index (κ1) is 36.5. The van der Waals surface area contributed by atoms with Gasteiger partial charge in [-0.3, -0.25) is 0 Å². The van der Waals surface area contributed by atoms with Gasteiger partial charge in [-0.05, 0) is 44.2 Å². The van der Waals surface area contributed by atoms with Crippen LogP contribution in [0.5, 0.6) is 0 Å². The third kappa shape index (κ3) is 24.8. The topological polar surface area (TPSA) is 52.6 Å². The van der Waals surface area contributed by atoms with Crippen molar-refractivity contribution < 1.29 is 19.1 Å². The summed E-state index contributed by atoms with van der Waals surface area (Å²) in [6, 6.07) is 8.19. The van der Waals surface area contributed by atoms with Crippen LogP contribution in [0.25, 0.3) is 6.08 Å². The minimum atomic E-state index is -0.297. The molecule has 0 radical (unpaired) electrons. The summed E-state index contributed by atoms with van der Waals surface area (Å²) >= 11 is 0. The summed E-state index contributed by atoms with van der Waals surface area (Å²) in [5, 5.41) is 0. The first-order chi connectivity index (χ1) is 17.6. The summed E-state index contributed by atoms with van der Waals surface area (Å²) in [6.45, 7) is 23.4. The molecular weight excluding hydrogens is 460 g/mol. The van der Waals surface area contributed by atoms with Crippen LogP contribution in [0.4, 0.5) is 0 Å². The Balaban J connectivity index is 0. The van der Waals surface area contributed by atoms with Crippen LogP contribution in [0.3, 0.4) is 0 Å². The van der Waals surface area contributed by atoms with Gasteiger partial charge in [-0.1, -0.05) is 129 Å². The molecule has 0 saturated heterocycles.